The molecule has 0 atom stereocenters. The van der Waals surface area contributed by atoms with Crippen LogP contribution in [-0.4, -0.2) is 46.9 Å². The first kappa shape index (κ1) is 22.9. The fourth-order valence-electron chi connectivity index (χ4n) is 3.67. The Balaban J connectivity index is 1.63. The summed E-state index contributed by atoms with van der Waals surface area (Å²) in [7, 11) is 1.60. The topological polar surface area (TPSA) is 85.7 Å². The second-order valence-corrected chi connectivity index (χ2v) is 8.15. The zero-order valence-electron chi connectivity index (χ0n) is 18.1. The molecule has 0 spiro atoms. The van der Waals surface area contributed by atoms with Crippen molar-refractivity contribution in [3.05, 3.63) is 69.5 Å². The molecular formula is C23H22Cl2N4O4. The third kappa shape index (κ3) is 4.77. The van der Waals surface area contributed by atoms with Gasteiger partial charge in [0.05, 0.1) is 41.7 Å². The summed E-state index contributed by atoms with van der Waals surface area (Å²) >= 11 is 12.0. The molecule has 0 radical (unpaired) electrons. The van der Waals surface area contributed by atoms with Crippen molar-refractivity contribution < 1.29 is 19.1 Å². The summed E-state index contributed by atoms with van der Waals surface area (Å²) in [6.07, 6.45) is 0.516. The van der Waals surface area contributed by atoms with Gasteiger partial charge in [-0.1, -0.05) is 23.2 Å². The molecule has 2 aromatic carbocycles. The van der Waals surface area contributed by atoms with Crippen LogP contribution in [0.2, 0.25) is 10.0 Å². The zero-order valence-corrected chi connectivity index (χ0v) is 19.6. The molecule has 1 N–H and O–H groups in total. The van der Waals surface area contributed by atoms with Crippen LogP contribution in [-0.2, 0) is 17.7 Å². The van der Waals surface area contributed by atoms with Crippen molar-refractivity contribution in [3.63, 3.8) is 0 Å². The maximum atomic E-state index is 12.9. The van der Waals surface area contributed by atoms with E-state index < -0.39 is 5.97 Å². The average Bonchev–Trinajstić information content (AvgIpc) is 3.20. The Morgan fingerprint density at radius 3 is 2.55 bits per heavy atom. The molecule has 0 saturated carbocycles. The molecule has 1 aliphatic heterocycles. The number of carbonyl (C=O) groups excluding carboxylic acids is 2. The Morgan fingerprint density at radius 2 is 1.88 bits per heavy atom. The SMILES string of the molecule is CCOC(=O)c1nn(-c2ccc(OC)cc2)c2c1CN(C(=O)Nc1ccc(Cl)c(Cl)c1)CC2. The van der Waals surface area contributed by atoms with Gasteiger partial charge in [-0.15, -0.1) is 0 Å². The number of anilines is 1. The molecule has 3 aromatic rings. The van der Waals surface area contributed by atoms with E-state index in [0.29, 0.717) is 34.3 Å². The number of hydrogen-bond acceptors (Lipinski definition) is 5. The first-order chi connectivity index (χ1) is 15.9. The van der Waals surface area contributed by atoms with Crippen LogP contribution in [0.25, 0.3) is 5.69 Å². The first-order valence-electron chi connectivity index (χ1n) is 10.3. The summed E-state index contributed by atoms with van der Waals surface area (Å²) in [4.78, 5) is 27.2. The number of amides is 2. The van der Waals surface area contributed by atoms with Crippen molar-refractivity contribution in [2.75, 3.05) is 25.6 Å². The maximum absolute atomic E-state index is 12.9. The van der Waals surface area contributed by atoms with Crippen LogP contribution < -0.4 is 10.1 Å². The van der Waals surface area contributed by atoms with Gasteiger partial charge in [-0.2, -0.15) is 5.10 Å². The number of hydrogen-bond donors (Lipinski definition) is 1. The number of urea groups is 1. The van der Waals surface area contributed by atoms with Gasteiger partial charge < -0.3 is 19.7 Å². The number of ether oxygens (including phenoxy) is 2. The molecule has 8 nitrogen and oxygen atoms in total. The second-order valence-electron chi connectivity index (χ2n) is 7.33. The number of rotatable bonds is 5. The summed E-state index contributed by atoms with van der Waals surface area (Å²) in [5.41, 5.74) is 3.05. The van der Waals surface area contributed by atoms with E-state index in [9.17, 15) is 9.59 Å². The molecule has 33 heavy (non-hydrogen) atoms. The van der Waals surface area contributed by atoms with Crippen molar-refractivity contribution in [2.45, 2.75) is 19.9 Å². The summed E-state index contributed by atoms with van der Waals surface area (Å²) in [5.74, 6) is 0.197. The number of methoxy groups -OCH3 is 1. The monoisotopic (exact) mass is 488 g/mol. The minimum Gasteiger partial charge on any atom is -0.497 e. The second kappa shape index (κ2) is 9.72. The van der Waals surface area contributed by atoms with Crippen LogP contribution in [0.4, 0.5) is 10.5 Å². The summed E-state index contributed by atoms with van der Waals surface area (Å²) in [6, 6.07) is 11.9. The molecule has 0 bridgehead atoms. The predicted octanol–water partition coefficient (Wildman–Crippen LogP) is 4.95. The number of nitrogens with zero attached hydrogens (tertiary/aromatic N) is 3. The molecule has 172 valence electrons. The third-order valence-corrected chi connectivity index (χ3v) is 6.04. The van der Waals surface area contributed by atoms with Crippen molar-refractivity contribution >= 4 is 40.9 Å². The van der Waals surface area contributed by atoms with Gasteiger partial charge in [-0.25, -0.2) is 14.3 Å². The largest absolute Gasteiger partial charge is 0.497 e. The fourth-order valence-corrected chi connectivity index (χ4v) is 3.97. The fraction of sp³-hybridized carbons (Fsp3) is 0.261. The predicted molar refractivity (Wildman–Crippen MR) is 126 cm³/mol. The van der Waals surface area contributed by atoms with Crippen LogP contribution in [0.5, 0.6) is 5.75 Å². The number of benzene rings is 2. The number of halogens is 2. The highest BCUT2D eigenvalue weighted by Crippen LogP contribution is 2.28. The Morgan fingerprint density at radius 1 is 1.12 bits per heavy atom. The lowest BCUT2D eigenvalue weighted by Gasteiger charge is -2.28. The third-order valence-electron chi connectivity index (χ3n) is 5.30. The van der Waals surface area contributed by atoms with Gasteiger partial charge in [0.25, 0.3) is 0 Å². The first-order valence-corrected chi connectivity index (χ1v) is 11.1. The van der Waals surface area contributed by atoms with E-state index in [1.807, 2.05) is 24.3 Å². The minimum atomic E-state index is -0.521. The quantitative estimate of drug-likeness (QED) is 0.513. The average molecular weight is 489 g/mol. The standard InChI is InChI=1S/C23H22Cl2N4O4/c1-3-33-22(30)21-17-13-28(23(31)26-14-4-9-18(24)19(25)12-14)11-10-20(17)29(27-21)15-5-7-16(32-2)8-6-15/h4-9,12H,3,10-11,13H2,1-2H3,(H,26,31). The molecule has 2 amide bonds. The van der Waals surface area contributed by atoms with Gasteiger partial charge in [-0.3, -0.25) is 0 Å². The summed E-state index contributed by atoms with van der Waals surface area (Å²) < 4.78 is 12.2. The van der Waals surface area contributed by atoms with Crippen molar-refractivity contribution in [1.82, 2.24) is 14.7 Å². The molecule has 0 saturated heterocycles. The minimum absolute atomic E-state index is 0.203. The molecule has 1 aliphatic rings. The van der Waals surface area contributed by atoms with Crippen LogP contribution in [0.15, 0.2) is 42.5 Å². The van der Waals surface area contributed by atoms with Crippen LogP contribution >= 0.6 is 23.2 Å². The molecule has 0 fully saturated rings. The Bertz CT molecular complexity index is 1190. The Kier molecular flexibility index (Phi) is 6.76. The van der Waals surface area contributed by atoms with Crippen LogP contribution in [0.1, 0.15) is 28.7 Å². The molecular weight excluding hydrogens is 467 g/mol. The maximum Gasteiger partial charge on any atom is 0.359 e. The number of fused-ring (bicyclic) bond motifs is 1. The lowest BCUT2D eigenvalue weighted by molar-refractivity contribution is 0.0516. The van der Waals surface area contributed by atoms with Crippen molar-refractivity contribution in [1.29, 1.82) is 0 Å². The van der Waals surface area contributed by atoms with Crippen molar-refractivity contribution in [2.24, 2.45) is 0 Å². The van der Waals surface area contributed by atoms with Gasteiger partial charge >= 0.3 is 12.0 Å². The van der Waals surface area contributed by atoms with Gasteiger partial charge in [0.2, 0.25) is 0 Å². The number of nitrogens with one attached hydrogen (secondary N) is 1. The molecule has 0 unspecified atom stereocenters. The molecule has 2 heterocycles. The van der Waals surface area contributed by atoms with Gasteiger partial charge in [0.1, 0.15) is 5.75 Å². The van der Waals surface area contributed by atoms with Crippen molar-refractivity contribution in [3.8, 4) is 11.4 Å². The normalized spacial score (nSPS) is 12.8. The van der Waals surface area contributed by atoms with Gasteiger partial charge in [0.15, 0.2) is 5.69 Å². The smallest absolute Gasteiger partial charge is 0.359 e. The Hall–Kier alpha value is -3.23. The zero-order chi connectivity index (χ0) is 23.5. The number of aromatic nitrogens is 2. The van der Waals surface area contributed by atoms with Gasteiger partial charge in [-0.05, 0) is 49.4 Å². The lowest BCUT2D eigenvalue weighted by Crippen LogP contribution is -2.39. The molecule has 0 aliphatic carbocycles. The Labute approximate surface area is 201 Å². The summed E-state index contributed by atoms with van der Waals surface area (Å²) in [5, 5.41) is 8.12. The van der Waals surface area contributed by atoms with E-state index in [4.69, 9.17) is 32.7 Å². The highest BCUT2D eigenvalue weighted by Gasteiger charge is 2.31. The van der Waals surface area contributed by atoms with Crippen LogP contribution in [0.3, 0.4) is 0 Å². The highest BCUT2D eigenvalue weighted by atomic mass is 35.5. The van der Waals surface area contributed by atoms with E-state index >= 15 is 0 Å². The lowest BCUT2D eigenvalue weighted by atomic mass is 10.0. The molecule has 4 rings (SSSR count). The highest BCUT2D eigenvalue weighted by molar-refractivity contribution is 6.42. The van der Waals surface area contributed by atoms with Crippen LogP contribution in [0, 0.1) is 0 Å². The van der Waals surface area contributed by atoms with E-state index in [1.165, 1.54) is 0 Å². The van der Waals surface area contributed by atoms with E-state index in [1.54, 1.807) is 41.8 Å². The summed E-state index contributed by atoms with van der Waals surface area (Å²) in [6.45, 7) is 2.63. The number of esters is 1. The number of carbonyl (C=O) groups is 2. The molecule has 10 heteroatoms. The van der Waals surface area contributed by atoms with E-state index in [-0.39, 0.29) is 24.9 Å². The molecule has 1 aromatic heterocycles. The van der Waals surface area contributed by atoms with E-state index in [0.717, 1.165) is 17.1 Å². The van der Waals surface area contributed by atoms with Gasteiger partial charge in [0, 0.05) is 24.2 Å². The van der Waals surface area contributed by atoms with E-state index in [2.05, 4.69) is 10.4 Å².